The Balaban J connectivity index is 2.34. The van der Waals surface area contributed by atoms with E-state index in [4.69, 9.17) is 10.5 Å². The Kier molecular flexibility index (Phi) is 4.95. The van der Waals surface area contributed by atoms with Crippen LogP contribution < -0.4 is 10.6 Å². The summed E-state index contributed by atoms with van der Waals surface area (Å²) in [5.74, 6) is 0. The van der Waals surface area contributed by atoms with Crippen molar-refractivity contribution in [1.82, 2.24) is 0 Å². The van der Waals surface area contributed by atoms with Gasteiger partial charge in [-0.3, -0.25) is 0 Å². The Morgan fingerprint density at radius 3 is 2.43 bits per heavy atom. The molecule has 2 unspecified atom stereocenters. The average molecular weight is 290 g/mol. The average Bonchev–Trinajstić information content (AvgIpc) is 2.50. The lowest BCUT2D eigenvalue weighted by atomic mass is 9.77. The molecule has 118 valence electrons. The van der Waals surface area contributed by atoms with Gasteiger partial charge in [-0.2, -0.15) is 0 Å². The van der Waals surface area contributed by atoms with Gasteiger partial charge in [0.05, 0.1) is 11.1 Å². The molecule has 0 radical (unpaired) electrons. The molecule has 1 aromatic rings. The van der Waals surface area contributed by atoms with E-state index >= 15 is 0 Å². The van der Waals surface area contributed by atoms with Gasteiger partial charge in [-0.05, 0) is 45.7 Å². The van der Waals surface area contributed by atoms with Crippen LogP contribution in [-0.2, 0) is 4.74 Å². The van der Waals surface area contributed by atoms with Crippen LogP contribution in [0.25, 0.3) is 0 Å². The Morgan fingerprint density at radius 1 is 1.24 bits per heavy atom. The lowest BCUT2D eigenvalue weighted by Gasteiger charge is -2.52. The number of benzene rings is 1. The summed E-state index contributed by atoms with van der Waals surface area (Å²) in [5, 5.41) is 0. The smallest absolute Gasteiger partial charge is 0.0674 e. The normalized spacial score (nSPS) is 29.4. The predicted octanol–water partition coefficient (Wildman–Crippen LogP) is 3.50. The first kappa shape index (κ1) is 16.3. The number of aryl methyl sites for hydroxylation is 1. The maximum atomic E-state index is 6.26. The van der Waals surface area contributed by atoms with Gasteiger partial charge in [0.2, 0.25) is 0 Å². The van der Waals surface area contributed by atoms with Gasteiger partial charge in [0, 0.05) is 31.8 Å². The maximum absolute atomic E-state index is 6.26. The molecule has 1 aliphatic heterocycles. The number of rotatable bonds is 5. The van der Waals surface area contributed by atoms with E-state index in [0.29, 0.717) is 6.54 Å². The van der Waals surface area contributed by atoms with E-state index in [9.17, 15) is 0 Å². The standard InChI is InChI=1S/C18H30N2O/c1-5-17(4)13-18(14-19,11-12-21-17)20(6-2)16-9-7-15(3)8-10-16/h7-10H,5-6,11-14,19H2,1-4H3. The summed E-state index contributed by atoms with van der Waals surface area (Å²) in [5.41, 5.74) is 8.77. The molecule has 2 rings (SSSR count). The highest BCUT2D eigenvalue weighted by Gasteiger charge is 2.45. The van der Waals surface area contributed by atoms with E-state index in [0.717, 1.165) is 32.4 Å². The van der Waals surface area contributed by atoms with Crippen molar-refractivity contribution in [2.45, 2.75) is 58.1 Å². The quantitative estimate of drug-likeness (QED) is 0.902. The van der Waals surface area contributed by atoms with Gasteiger partial charge >= 0.3 is 0 Å². The number of ether oxygens (including phenoxy) is 1. The summed E-state index contributed by atoms with van der Waals surface area (Å²) in [4.78, 5) is 2.49. The van der Waals surface area contributed by atoms with Crippen molar-refractivity contribution in [3.63, 3.8) is 0 Å². The first-order valence-electron chi connectivity index (χ1n) is 8.17. The largest absolute Gasteiger partial charge is 0.375 e. The molecule has 1 fully saturated rings. The van der Waals surface area contributed by atoms with E-state index < -0.39 is 0 Å². The third-order valence-electron chi connectivity index (χ3n) is 5.08. The molecule has 0 saturated carbocycles. The summed E-state index contributed by atoms with van der Waals surface area (Å²) in [6.45, 7) is 11.2. The van der Waals surface area contributed by atoms with E-state index in [2.05, 4.69) is 56.9 Å². The van der Waals surface area contributed by atoms with Gasteiger partial charge in [-0.1, -0.05) is 24.6 Å². The van der Waals surface area contributed by atoms with Crippen LogP contribution in [0.4, 0.5) is 5.69 Å². The molecule has 0 aliphatic carbocycles. The lowest BCUT2D eigenvalue weighted by molar-refractivity contribution is -0.0934. The number of nitrogens with zero attached hydrogens (tertiary/aromatic N) is 1. The van der Waals surface area contributed by atoms with Crippen LogP contribution in [0.5, 0.6) is 0 Å². The van der Waals surface area contributed by atoms with Gasteiger partial charge in [-0.25, -0.2) is 0 Å². The highest BCUT2D eigenvalue weighted by molar-refractivity contribution is 5.50. The highest BCUT2D eigenvalue weighted by atomic mass is 16.5. The molecule has 0 bridgehead atoms. The van der Waals surface area contributed by atoms with Crippen LogP contribution in [0.2, 0.25) is 0 Å². The monoisotopic (exact) mass is 290 g/mol. The summed E-state index contributed by atoms with van der Waals surface area (Å²) in [6, 6.07) is 8.80. The molecule has 3 heteroatoms. The summed E-state index contributed by atoms with van der Waals surface area (Å²) >= 11 is 0. The van der Waals surface area contributed by atoms with Crippen molar-refractivity contribution in [3.8, 4) is 0 Å². The van der Waals surface area contributed by atoms with Crippen molar-refractivity contribution in [2.75, 3.05) is 24.6 Å². The van der Waals surface area contributed by atoms with Gasteiger partial charge < -0.3 is 15.4 Å². The Morgan fingerprint density at radius 2 is 1.90 bits per heavy atom. The maximum Gasteiger partial charge on any atom is 0.0674 e. The van der Waals surface area contributed by atoms with Crippen molar-refractivity contribution >= 4 is 5.69 Å². The van der Waals surface area contributed by atoms with E-state index in [1.807, 2.05) is 0 Å². The van der Waals surface area contributed by atoms with E-state index in [1.54, 1.807) is 0 Å². The molecule has 1 aromatic carbocycles. The number of anilines is 1. The number of nitrogens with two attached hydrogens (primary N) is 1. The van der Waals surface area contributed by atoms with Gasteiger partial charge in [-0.15, -0.1) is 0 Å². The van der Waals surface area contributed by atoms with Crippen LogP contribution >= 0.6 is 0 Å². The summed E-state index contributed by atoms with van der Waals surface area (Å²) in [6.07, 6.45) is 3.02. The molecule has 2 N–H and O–H groups in total. The summed E-state index contributed by atoms with van der Waals surface area (Å²) < 4.78 is 6.04. The molecule has 3 nitrogen and oxygen atoms in total. The van der Waals surface area contributed by atoms with E-state index in [-0.39, 0.29) is 11.1 Å². The number of hydrogen-bond acceptors (Lipinski definition) is 3. The fourth-order valence-corrected chi connectivity index (χ4v) is 3.58. The Bertz CT molecular complexity index is 459. The zero-order chi connectivity index (χ0) is 15.5. The highest BCUT2D eigenvalue weighted by Crippen LogP contribution is 2.39. The molecule has 0 aromatic heterocycles. The second-order valence-electron chi connectivity index (χ2n) is 6.59. The Labute approximate surface area is 129 Å². The van der Waals surface area contributed by atoms with Crippen LogP contribution in [0.15, 0.2) is 24.3 Å². The van der Waals surface area contributed by atoms with Gasteiger partial charge in [0.1, 0.15) is 0 Å². The third-order valence-corrected chi connectivity index (χ3v) is 5.08. The molecule has 21 heavy (non-hydrogen) atoms. The fraction of sp³-hybridized carbons (Fsp3) is 0.667. The lowest BCUT2D eigenvalue weighted by Crippen LogP contribution is -2.61. The van der Waals surface area contributed by atoms with Gasteiger partial charge in [0.15, 0.2) is 0 Å². The molecule has 0 spiro atoms. The minimum Gasteiger partial charge on any atom is -0.375 e. The number of hydrogen-bond donors (Lipinski definition) is 1. The minimum atomic E-state index is -0.0598. The molecule has 0 amide bonds. The minimum absolute atomic E-state index is 0.00696. The van der Waals surface area contributed by atoms with Crippen LogP contribution in [0.3, 0.4) is 0 Å². The summed E-state index contributed by atoms with van der Waals surface area (Å²) in [7, 11) is 0. The van der Waals surface area contributed by atoms with Crippen LogP contribution in [-0.4, -0.2) is 30.8 Å². The SMILES string of the molecule is CCN(c1ccc(C)cc1)C1(CN)CCOC(C)(CC)C1. The number of likely N-dealkylation sites (N-methyl/N-ethyl adjacent to an activating group) is 1. The molecule has 2 atom stereocenters. The Hall–Kier alpha value is -1.06. The molecule has 1 heterocycles. The third kappa shape index (κ3) is 3.24. The predicted molar refractivity (Wildman–Crippen MR) is 89.9 cm³/mol. The van der Waals surface area contributed by atoms with Crippen molar-refractivity contribution < 1.29 is 4.74 Å². The topological polar surface area (TPSA) is 38.5 Å². The first-order chi connectivity index (χ1) is 9.98. The van der Waals surface area contributed by atoms with Crippen molar-refractivity contribution in [3.05, 3.63) is 29.8 Å². The molecule has 1 saturated heterocycles. The second-order valence-corrected chi connectivity index (χ2v) is 6.59. The van der Waals surface area contributed by atoms with E-state index in [1.165, 1.54) is 11.3 Å². The van der Waals surface area contributed by atoms with Gasteiger partial charge in [0.25, 0.3) is 0 Å². The zero-order valence-electron chi connectivity index (χ0n) is 14.0. The van der Waals surface area contributed by atoms with Crippen LogP contribution in [0.1, 0.15) is 45.6 Å². The zero-order valence-corrected chi connectivity index (χ0v) is 14.0. The second kappa shape index (κ2) is 6.37. The fourth-order valence-electron chi connectivity index (χ4n) is 3.58. The van der Waals surface area contributed by atoms with Crippen molar-refractivity contribution in [1.29, 1.82) is 0 Å². The molecular weight excluding hydrogens is 260 g/mol. The molecule has 1 aliphatic rings. The van der Waals surface area contributed by atoms with Crippen molar-refractivity contribution in [2.24, 2.45) is 5.73 Å². The first-order valence-corrected chi connectivity index (χ1v) is 8.17. The van der Waals surface area contributed by atoms with Crippen LogP contribution in [0, 0.1) is 6.92 Å². The molecular formula is C18H30N2O.